The summed E-state index contributed by atoms with van der Waals surface area (Å²) in [5.41, 5.74) is 1.98. The van der Waals surface area contributed by atoms with Crippen LogP contribution in [-0.2, 0) is 16.6 Å². The van der Waals surface area contributed by atoms with Crippen LogP contribution in [0.15, 0.2) is 53.4 Å². The Bertz CT molecular complexity index is 1240. The lowest BCUT2D eigenvalue weighted by atomic mass is 10.2. The molecule has 9 nitrogen and oxygen atoms in total. The molecule has 1 aliphatic rings. The van der Waals surface area contributed by atoms with Crippen LogP contribution in [0.4, 0.5) is 5.69 Å². The molecule has 0 amide bonds. The molecule has 4 rings (SSSR count). The van der Waals surface area contributed by atoms with E-state index in [1.807, 2.05) is 38.1 Å². The highest BCUT2D eigenvalue weighted by Crippen LogP contribution is 2.27. The van der Waals surface area contributed by atoms with E-state index in [0.29, 0.717) is 24.1 Å². The van der Waals surface area contributed by atoms with E-state index in [1.54, 1.807) is 29.7 Å². The quantitative estimate of drug-likeness (QED) is 0.525. The average Bonchev–Trinajstić information content (AvgIpc) is 3.22. The van der Waals surface area contributed by atoms with Crippen LogP contribution in [0.3, 0.4) is 0 Å². The van der Waals surface area contributed by atoms with Gasteiger partial charge in [-0.05, 0) is 57.6 Å². The second-order valence-corrected chi connectivity index (χ2v) is 10.3. The zero-order valence-electron chi connectivity index (χ0n) is 20.1. The van der Waals surface area contributed by atoms with Crippen molar-refractivity contribution in [2.75, 3.05) is 38.1 Å². The first-order valence-corrected chi connectivity index (χ1v) is 13.0. The molecule has 1 atom stereocenters. The van der Waals surface area contributed by atoms with Crippen LogP contribution < -0.4 is 14.4 Å². The molecular formula is C24H32N6O3S. The smallest absolute Gasteiger partial charge is 0.322 e. The van der Waals surface area contributed by atoms with Gasteiger partial charge in [0.05, 0.1) is 10.9 Å². The van der Waals surface area contributed by atoms with Crippen LogP contribution in [0.5, 0.6) is 11.8 Å². The van der Waals surface area contributed by atoms with Gasteiger partial charge < -0.3 is 14.5 Å². The lowest BCUT2D eigenvalue weighted by molar-refractivity contribution is 0.312. The molecule has 3 aromatic rings. The topological polar surface area (TPSA) is 92.6 Å². The molecule has 1 saturated heterocycles. The molecule has 0 aliphatic carbocycles. The van der Waals surface area contributed by atoms with Crippen molar-refractivity contribution in [3.63, 3.8) is 0 Å². The van der Waals surface area contributed by atoms with E-state index < -0.39 is 16.1 Å². The van der Waals surface area contributed by atoms with E-state index in [4.69, 9.17) is 4.74 Å². The number of hydrogen-bond acceptors (Lipinski definition) is 7. The van der Waals surface area contributed by atoms with Gasteiger partial charge >= 0.3 is 6.01 Å². The number of hydrogen-bond donors (Lipinski definition) is 1. The van der Waals surface area contributed by atoms with Crippen molar-refractivity contribution in [1.82, 2.24) is 24.4 Å². The van der Waals surface area contributed by atoms with Crippen molar-refractivity contribution in [3.05, 3.63) is 59.9 Å². The molecule has 10 heteroatoms. The van der Waals surface area contributed by atoms with E-state index >= 15 is 0 Å². The van der Waals surface area contributed by atoms with Crippen LogP contribution in [0.2, 0.25) is 0 Å². The first-order chi connectivity index (χ1) is 16.3. The molecule has 2 aromatic carbocycles. The summed E-state index contributed by atoms with van der Waals surface area (Å²) in [5.74, 6) is 1.15. The van der Waals surface area contributed by atoms with E-state index in [1.165, 1.54) is 0 Å². The summed E-state index contributed by atoms with van der Waals surface area (Å²) in [5, 5.41) is 8.45. The van der Waals surface area contributed by atoms with Gasteiger partial charge in [0.1, 0.15) is 5.75 Å². The highest BCUT2D eigenvalue weighted by molar-refractivity contribution is 7.89. The Balaban J connectivity index is 1.51. The van der Waals surface area contributed by atoms with Crippen LogP contribution in [-0.4, -0.2) is 61.3 Å². The number of piperazine rings is 1. The maximum absolute atomic E-state index is 12.9. The molecule has 34 heavy (non-hydrogen) atoms. The normalized spacial score (nSPS) is 15.9. The van der Waals surface area contributed by atoms with Crippen LogP contribution in [0.25, 0.3) is 0 Å². The zero-order chi connectivity index (χ0) is 24.3. The van der Waals surface area contributed by atoms with Crippen LogP contribution >= 0.6 is 0 Å². The summed E-state index contributed by atoms with van der Waals surface area (Å²) >= 11 is 0. The van der Waals surface area contributed by atoms with Gasteiger partial charge in [-0.2, -0.15) is 0 Å². The fourth-order valence-electron chi connectivity index (χ4n) is 4.04. The van der Waals surface area contributed by atoms with Gasteiger partial charge in [0.15, 0.2) is 5.82 Å². The van der Waals surface area contributed by atoms with E-state index in [-0.39, 0.29) is 4.90 Å². The molecule has 182 valence electrons. The Morgan fingerprint density at radius 2 is 1.79 bits per heavy atom. The van der Waals surface area contributed by atoms with E-state index in [2.05, 4.69) is 37.8 Å². The highest BCUT2D eigenvalue weighted by Gasteiger charge is 2.24. The molecule has 0 saturated carbocycles. The summed E-state index contributed by atoms with van der Waals surface area (Å²) in [6.45, 7) is 10.1. The maximum Gasteiger partial charge on any atom is 0.322 e. The molecule has 1 aromatic heterocycles. The molecular weight excluding hydrogens is 452 g/mol. The summed E-state index contributed by atoms with van der Waals surface area (Å²) in [7, 11) is -1.57. The van der Waals surface area contributed by atoms with Gasteiger partial charge in [-0.15, -0.1) is 5.10 Å². The lowest BCUT2D eigenvalue weighted by Gasteiger charge is -2.34. The molecule has 0 spiro atoms. The van der Waals surface area contributed by atoms with Crippen molar-refractivity contribution in [1.29, 1.82) is 0 Å². The monoisotopic (exact) mass is 484 g/mol. The number of anilines is 1. The molecule has 0 radical (unpaired) electrons. The van der Waals surface area contributed by atoms with Crippen LogP contribution in [0.1, 0.15) is 31.3 Å². The fourth-order valence-corrected chi connectivity index (χ4v) is 5.35. The lowest BCUT2D eigenvalue weighted by Crippen LogP contribution is -2.44. The first kappa shape index (κ1) is 24.2. The molecule has 1 fully saturated rings. The number of nitrogens with one attached hydrogen (secondary N) is 1. The molecule has 2 heterocycles. The van der Waals surface area contributed by atoms with Gasteiger partial charge in [0.2, 0.25) is 10.0 Å². The van der Waals surface area contributed by atoms with E-state index in [0.717, 1.165) is 37.4 Å². The Kier molecular flexibility index (Phi) is 7.20. The fraction of sp³-hybridized carbons (Fsp3) is 0.417. The van der Waals surface area contributed by atoms with E-state index in [9.17, 15) is 8.42 Å². The SMILES string of the molecule is CCn1c(Oc2cccc(N3CCN(C)CC3)c2)nnc1[C@@H](C)NS(=O)(=O)c1cccc(C)c1. The summed E-state index contributed by atoms with van der Waals surface area (Å²) < 4.78 is 36.3. The second-order valence-electron chi connectivity index (χ2n) is 8.63. The number of ether oxygens (including phenoxy) is 1. The third-order valence-corrected chi connectivity index (χ3v) is 7.51. The number of rotatable bonds is 8. The number of benzene rings is 2. The molecule has 1 aliphatic heterocycles. The van der Waals surface area contributed by atoms with Crippen LogP contribution in [0, 0.1) is 6.92 Å². The molecule has 0 bridgehead atoms. The van der Waals surface area contributed by atoms with Crippen molar-refractivity contribution >= 4 is 15.7 Å². The minimum atomic E-state index is -3.71. The molecule has 0 unspecified atom stereocenters. The van der Waals surface area contributed by atoms with Crippen molar-refractivity contribution < 1.29 is 13.2 Å². The van der Waals surface area contributed by atoms with Gasteiger partial charge in [-0.3, -0.25) is 4.57 Å². The Morgan fingerprint density at radius 1 is 1.06 bits per heavy atom. The van der Waals surface area contributed by atoms with Gasteiger partial charge in [0, 0.05) is 44.5 Å². The average molecular weight is 485 g/mol. The number of aromatic nitrogens is 3. The largest absolute Gasteiger partial charge is 0.424 e. The Morgan fingerprint density at radius 3 is 2.50 bits per heavy atom. The standard InChI is InChI=1S/C24H32N6O3S/c1-5-30-23(19(3)27-34(31,32)22-11-6-8-18(2)16-22)25-26-24(30)33-21-10-7-9-20(17-21)29-14-12-28(4)13-15-29/h6-11,16-17,19,27H,5,12-15H2,1-4H3/t19-/m1/s1. The van der Waals surface area contributed by atoms with Crippen molar-refractivity contribution in [2.45, 2.75) is 38.3 Å². The first-order valence-electron chi connectivity index (χ1n) is 11.5. The summed E-state index contributed by atoms with van der Waals surface area (Å²) in [6.07, 6.45) is 0. The van der Waals surface area contributed by atoms with Crippen molar-refractivity contribution in [3.8, 4) is 11.8 Å². The van der Waals surface area contributed by atoms with Gasteiger partial charge in [-0.1, -0.05) is 23.3 Å². The number of likely N-dealkylation sites (N-methyl/N-ethyl adjacent to an activating group) is 1. The number of aryl methyl sites for hydroxylation is 1. The highest BCUT2D eigenvalue weighted by atomic mass is 32.2. The predicted octanol–water partition coefficient (Wildman–Crippen LogP) is 3.19. The maximum atomic E-state index is 12.9. The summed E-state index contributed by atoms with van der Waals surface area (Å²) in [6, 6.07) is 14.5. The minimum Gasteiger partial charge on any atom is -0.424 e. The van der Waals surface area contributed by atoms with Gasteiger partial charge in [-0.25, -0.2) is 13.1 Å². The zero-order valence-corrected chi connectivity index (χ0v) is 20.9. The number of sulfonamides is 1. The summed E-state index contributed by atoms with van der Waals surface area (Å²) in [4.78, 5) is 4.88. The predicted molar refractivity (Wildman–Crippen MR) is 132 cm³/mol. The Hall–Kier alpha value is -2.95. The van der Waals surface area contributed by atoms with Gasteiger partial charge in [0.25, 0.3) is 0 Å². The Labute approximate surface area is 201 Å². The third kappa shape index (κ3) is 5.40. The van der Waals surface area contributed by atoms with Crippen molar-refractivity contribution in [2.24, 2.45) is 0 Å². The molecule has 1 N–H and O–H groups in total. The third-order valence-electron chi connectivity index (χ3n) is 5.98. The number of nitrogens with zero attached hydrogens (tertiary/aromatic N) is 5. The second kappa shape index (κ2) is 10.1. The minimum absolute atomic E-state index is 0.221.